The number of likely N-dealkylation sites (tertiary alicyclic amines) is 1. The Balaban J connectivity index is 1.46. The summed E-state index contributed by atoms with van der Waals surface area (Å²) in [4.78, 5) is 16.0. The molecule has 0 unspecified atom stereocenters. The van der Waals surface area contributed by atoms with Crippen molar-refractivity contribution in [3.8, 4) is 11.3 Å². The Bertz CT molecular complexity index is 1010. The van der Waals surface area contributed by atoms with Crippen LogP contribution in [-0.2, 0) is 6.18 Å². The molecule has 1 aromatic carbocycles. The van der Waals surface area contributed by atoms with Crippen LogP contribution < -0.4 is 4.90 Å². The minimum Gasteiger partial charge on any atom is -0.353 e. The van der Waals surface area contributed by atoms with Gasteiger partial charge in [-0.15, -0.1) is 0 Å². The maximum atomic E-state index is 12.9. The number of anilines is 1. The Morgan fingerprint density at radius 3 is 2.70 bits per heavy atom. The van der Waals surface area contributed by atoms with Crippen molar-refractivity contribution in [1.29, 1.82) is 0 Å². The standard InChI is InChI=1S/C19H18F3N5/c1-26-8-13-9-27(10-16(13)26)18-7-23-6-15(25-18)11-2-3-14-12(4-11)5-17(24-14)19(20,21)22/h2-7,13,16,24H,8-10H2,1H3/t13-,16+/m0/s1. The molecule has 0 saturated carbocycles. The zero-order chi connectivity index (χ0) is 18.8. The minimum absolute atomic E-state index is 0.453. The number of fused-ring (bicyclic) bond motifs is 2. The van der Waals surface area contributed by atoms with Crippen molar-refractivity contribution >= 4 is 16.7 Å². The van der Waals surface area contributed by atoms with E-state index in [4.69, 9.17) is 4.98 Å². The number of alkyl halides is 3. The van der Waals surface area contributed by atoms with Gasteiger partial charge < -0.3 is 14.8 Å². The third-order valence-electron chi connectivity index (χ3n) is 5.66. The second-order valence-electron chi connectivity index (χ2n) is 7.42. The van der Waals surface area contributed by atoms with E-state index >= 15 is 0 Å². The highest BCUT2D eigenvalue weighted by Crippen LogP contribution is 2.34. The monoisotopic (exact) mass is 373 g/mol. The molecule has 5 rings (SSSR count). The van der Waals surface area contributed by atoms with E-state index < -0.39 is 11.9 Å². The van der Waals surface area contributed by atoms with E-state index in [0.29, 0.717) is 28.6 Å². The molecule has 0 spiro atoms. The molecule has 1 N–H and O–H groups in total. The van der Waals surface area contributed by atoms with Gasteiger partial charge in [-0.1, -0.05) is 6.07 Å². The lowest BCUT2D eigenvalue weighted by molar-refractivity contribution is -0.140. The molecule has 2 atom stereocenters. The summed E-state index contributed by atoms with van der Waals surface area (Å²) in [7, 11) is 2.13. The normalized spacial score (nSPS) is 22.9. The summed E-state index contributed by atoms with van der Waals surface area (Å²) < 4.78 is 38.7. The average Bonchev–Trinajstić information content (AvgIpc) is 3.22. The van der Waals surface area contributed by atoms with Crippen LogP contribution in [0.2, 0.25) is 0 Å². The molecular weight excluding hydrogens is 355 g/mol. The fourth-order valence-corrected chi connectivity index (χ4v) is 4.18. The number of benzene rings is 1. The summed E-state index contributed by atoms with van der Waals surface area (Å²) in [5, 5.41) is 0.507. The van der Waals surface area contributed by atoms with E-state index in [1.165, 1.54) is 0 Å². The van der Waals surface area contributed by atoms with E-state index in [1.54, 1.807) is 30.6 Å². The molecule has 0 radical (unpaired) electrons. The van der Waals surface area contributed by atoms with Crippen LogP contribution >= 0.6 is 0 Å². The number of likely N-dealkylation sites (N-methyl/N-ethyl adjacent to an activating group) is 1. The Morgan fingerprint density at radius 2 is 1.96 bits per heavy atom. The molecule has 2 aromatic heterocycles. The summed E-state index contributed by atoms with van der Waals surface area (Å²) in [5.74, 6) is 1.50. The molecular formula is C19H18F3N5. The Morgan fingerprint density at radius 1 is 1.11 bits per heavy atom. The highest BCUT2D eigenvalue weighted by Gasteiger charge is 2.43. The number of hydrogen-bond donors (Lipinski definition) is 1. The molecule has 2 aliphatic heterocycles. The number of rotatable bonds is 2. The number of aromatic amines is 1. The predicted molar refractivity (Wildman–Crippen MR) is 96.4 cm³/mol. The zero-order valence-electron chi connectivity index (χ0n) is 14.7. The molecule has 3 aromatic rings. The number of nitrogens with one attached hydrogen (secondary N) is 1. The van der Waals surface area contributed by atoms with Crippen LogP contribution in [0.25, 0.3) is 22.2 Å². The molecule has 2 aliphatic rings. The summed E-state index contributed by atoms with van der Waals surface area (Å²) in [5.41, 5.74) is 1.13. The summed E-state index contributed by atoms with van der Waals surface area (Å²) in [6, 6.07) is 6.85. The number of aromatic nitrogens is 3. The molecule has 140 valence electrons. The van der Waals surface area contributed by atoms with Gasteiger partial charge in [-0.25, -0.2) is 4.98 Å². The molecule has 4 heterocycles. The second-order valence-corrected chi connectivity index (χ2v) is 7.42. The third-order valence-corrected chi connectivity index (χ3v) is 5.66. The maximum absolute atomic E-state index is 12.9. The van der Waals surface area contributed by atoms with Gasteiger partial charge in [0.15, 0.2) is 0 Å². The van der Waals surface area contributed by atoms with Crippen molar-refractivity contribution in [2.75, 3.05) is 31.6 Å². The highest BCUT2D eigenvalue weighted by molar-refractivity contribution is 5.85. The van der Waals surface area contributed by atoms with Crippen molar-refractivity contribution in [2.45, 2.75) is 12.2 Å². The van der Waals surface area contributed by atoms with E-state index in [9.17, 15) is 13.2 Å². The zero-order valence-corrected chi connectivity index (χ0v) is 14.7. The maximum Gasteiger partial charge on any atom is 0.431 e. The van der Waals surface area contributed by atoms with E-state index in [2.05, 4.69) is 26.8 Å². The first-order valence-corrected chi connectivity index (χ1v) is 8.86. The van der Waals surface area contributed by atoms with Gasteiger partial charge >= 0.3 is 6.18 Å². The van der Waals surface area contributed by atoms with Crippen LogP contribution in [-0.4, -0.2) is 52.6 Å². The fourth-order valence-electron chi connectivity index (χ4n) is 4.18. The van der Waals surface area contributed by atoms with Crippen LogP contribution in [0.1, 0.15) is 5.69 Å². The van der Waals surface area contributed by atoms with Crippen molar-refractivity contribution in [2.24, 2.45) is 5.92 Å². The van der Waals surface area contributed by atoms with Crippen molar-refractivity contribution in [1.82, 2.24) is 19.9 Å². The first-order valence-electron chi connectivity index (χ1n) is 8.86. The van der Waals surface area contributed by atoms with Gasteiger partial charge in [0, 0.05) is 48.1 Å². The van der Waals surface area contributed by atoms with Crippen LogP contribution in [0, 0.1) is 5.92 Å². The molecule has 5 nitrogen and oxygen atoms in total. The Labute approximate surface area is 153 Å². The number of nitrogens with zero attached hydrogens (tertiary/aromatic N) is 4. The molecule has 2 saturated heterocycles. The first-order chi connectivity index (χ1) is 12.9. The molecule has 2 fully saturated rings. The van der Waals surface area contributed by atoms with Gasteiger partial charge in [0.2, 0.25) is 0 Å². The largest absolute Gasteiger partial charge is 0.431 e. The van der Waals surface area contributed by atoms with Crippen molar-refractivity contribution in [3.63, 3.8) is 0 Å². The lowest BCUT2D eigenvalue weighted by Crippen LogP contribution is -2.52. The van der Waals surface area contributed by atoms with Gasteiger partial charge in [-0.3, -0.25) is 4.98 Å². The van der Waals surface area contributed by atoms with Gasteiger partial charge in [-0.05, 0) is 25.2 Å². The summed E-state index contributed by atoms with van der Waals surface area (Å²) in [6.07, 6.45) is -0.981. The predicted octanol–water partition coefficient (Wildman–Crippen LogP) is 3.39. The topological polar surface area (TPSA) is 48.0 Å². The fraction of sp³-hybridized carbons (Fsp3) is 0.368. The van der Waals surface area contributed by atoms with Gasteiger partial charge in [0.25, 0.3) is 0 Å². The lowest BCUT2D eigenvalue weighted by Gasteiger charge is -2.40. The van der Waals surface area contributed by atoms with E-state index in [0.717, 1.165) is 37.1 Å². The van der Waals surface area contributed by atoms with E-state index in [-0.39, 0.29) is 0 Å². The number of halogens is 3. The smallest absolute Gasteiger partial charge is 0.353 e. The average molecular weight is 373 g/mol. The Kier molecular flexibility index (Phi) is 3.49. The SMILES string of the molecule is CN1C[C@H]2CN(c3cncc(-c4ccc5[nH]c(C(F)(F)F)cc5c4)n3)C[C@H]21. The van der Waals surface area contributed by atoms with Crippen LogP contribution in [0.5, 0.6) is 0 Å². The quantitative estimate of drug-likeness (QED) is 0.748. The van der Waals surface area contributed by atoms with Crippen molar-refractivity contribution in [3.05, 3.63) is 42.4 Å². The van der Waals surface area contributed by atoms with Crippen LogP contribution in [0.3, 0.4) is 0 Å². The van der Waals surface area contributed by atoms with Crippen LogP contribution in [0.15, 0.2) is 36.7 Å². The van der Waals surface area contributed by atoms with Crippen molar-refractivity contribution < 1.29 is 13.2 Å². The second kappa shape index (κ2) is 5.69. The highest BCUT2D eigenvalue weighted by atomic mass is 19.4. The molecule has 0 aliphatic carbocycles. The van der Waals surface area contributed by atoms with E-state index in [1.807, 2.05) is 0 Å². The number of H-pyrrole nitrogens is 1. The lowest BCUT2D eigenvalue weighted by atomic mass is 9.93. The number of hydrogen-bond acceptors (Lipinski definition) is 4. The first kappa shape index (κ1) is 16.6. The van der Waals surface area contributed by atoms with Gasteiger partial charge in [-0.2, -0.15) is 13.2 Å². The molecule has 8 heteroatoms. The summed E-state index contributed by atoms with van der Waals surface area (Å²) in [6.45, 7) is 3.02. The third kappa shape index (κ3) is 2.75. The summed E-state index contributed by atoms with van der Waals surface area (Å²) >= 11 is 0. The molecule has 0 bridgehead atoms. The van der Waals surface area contributed by atoms with Crippen LogP contribution in [0.4, 0.5) is 19.0 Å². The Hall–Kier alpha value is -2.61. The molecule has 0 amide bonds. The minimum atomic E-state index is -4.39. The van der Waals surface area contributed by atoms with Gasteiger partial charge in [0.1, 0.15) is 11.5 Å². The molecule has 27 heavy (non-hydrogen) atoms. The van der Waals surface area contributed by atoms with Gasteiger partial charge in [0.05, 0.1) is 18.1 Å².